The fourth-order valence-electron chi connectivity index (χ4n) is 3.23. The standard InChI is InChI=1S/C28H24N2O3S/c1-20-7-5-8-21(17-20)28(32)30-23-9-6-12-26(18-23)34-19-27(31)29-22-13-15-25(16-14-22)33-24-10-3-2-4-11-24/h2-18H,19H2,1H3,(H,29,31)(H,30,32). The van der Waals surface area contributed by atoms with Crippen molar-refractivity contribution in [3.63, 3.8) is 0 Å². The van der Waals surface area contributed by atoms with Gasteiger partial charge in [-0.2, -0.15) is 0 Å². The Kier molecular flexibility index (Phi) is 7.63. The Morgan fingerprint density at radius 1 is 0.735 bits per heavy atom. The summed E-state index contributed by atoms with van der Waals surface area (Å²) in [6.45, 7) is 1.95. The van der Waals surface area contributed by atoms with Gasteiger partial charge in [0, 0.05) is 21.8 Å². The lowest BCUT2D eigenvalue weighted by molar-refractivity contribution is -0.113. The molecule has 0 spiro atoms. The van der Waals surface area contributed by atoms with Crippen LogP contribution in [0.15, 0.2) is 108 Å². The number of aryl methyl sites for hydroxylation is 1. The Bertz CT molecular complexity index is 1270. The first-order valence-corrected chi connectivity index (χ1v) is 11.8. The Hall–Kier alpha value is -4.03. The monoisotopic (exact) mass is 468 g/mol. The van der Waals surface area contributed by atoms with Crippen molar-refractivity contribution in [1.82, 2.24) is 0 Å². The van der Waals surface area contributed by atoms with Gasteiger partial charge in [0.2, 0.25) is 5.91 Å². The van der Waals surface area contributed by atoms with Crippen LogP contribution >= 0.6 is 11.8 Å². The van der Waals surface area contributed by atoms with E-state index < -0.39 is 0 Å². The van der Waals surface area contributed by atoms with Crippen LogP contribution in [0.1, 0.15) is 15.9 Å². The van der Waals surface area contributed by atoms with E-state index in [1.54, 1.807) is 6.07 Å². The number of carbonyl (C=O) groups excluding carboxylic acids is 2. The minimum atomic E-state index is -0.164. The van der Waals surface area contributed by atoms with Gasteiger partial charge in [-0.15, -0.1) is 11.8 Å². The summed E-state index contributed by atoms with van der Waals surface area (Å²) in [4.78, 5) is 25.8. The molecule has 0 saturated carbocycles. The van der Waals surface area contributed by atoms with E-state index in [0.717, 1.165) is 16.2 Å². The second-order valence-electron chi connectivity index (χ2n) is 7.63. The topological polar surface area (TPSA) is 67.4 Å². The van der Waals surface area contributed by atoms with Crippen LogP contribution in [0.3, 0.4) is 0 Å². The summed E-state index contributed by atoms with van der Waals surface area (Å²) in [5, 5.41) is 5.80. The number of rotatable bonds is 8. The van der Waals surface area contributed by atoms with Crippen molar-refractivity contribution in [2.45, 2.75) is 11.8 Å². The molecule has 0 aliphatic carbocycles. The molecule has 0 fully saturated rings. The van der Waals surface area contributed by atoms with Crippen LogP contribution in [0.4, 0.5) is 11.4 Å². The van der Waals surface area contributed by atoms with Crippen molar-refractivity contribution in [3.8, 4) is 11.5 Å². The summed E-state index contributed by atoms with van der Waals surface area (Å²) in [7, 11) is 0. The summed E-state index contributed by atoms with van der Waals surface area (Å²) in [6, 6.07) is 31.7. The lowest BCUT2D eigenvalue weighted by Crippen LogP contribution is -2.14. The van der Waals surface area contributed by atoms with Gasteiger partial charge in [-0.1, -0.05) is 42.0 Å². The van der Waals surface area contributed by atoms with Crippen LogP contribution < -0.4 is 15.4 Å². The molecular formula is C28H24N2O3S. The second-order valence-corrected chi connectivity index (χ2v) is 8.68. The van der Waals surface area contributed by atoms with E-state index >= 15 is 0 Å². The zero-order chi connectivity index (χ0) is 23.8. The third kappa shape index (κ3) is 6.73. The normalized spacial score (nSPS) is 10.4. The molecule has 0 saturated heterocycles. The average molecular weight is 469 g/mol. The molecule has 5 nitrogen and oxygen atoms in total. The first-order chi connectivity index (χ1) is 16.5. The van der Waals surface area contributed by atoms with E-state index in [4.69, 9.17) is 4.74 Å². The molecule has 0 bridgehead atoms. The number of anilines is 2. The smallest absolute Gasteiger partial charge is 0.255 e. The van der Waals surface area contributed by atoms with Gasteiger partial charge in [-0.25, -0.2) is 0 Å². The van der Waals surface area contributed by atoms with Crippen molar-refractivity contribution < 1.29 is 14.3 Å². The molecule has 0 heterocycles. The Morgan fingerprint density at radius 3 is 2.24 bits per heavy atom. The molecule has 0 aliphatic heterocycles. The summed E-state index contributed by atoms with van der Waals surface area (Å²) in [6.07, 6.45) is 0. The third-order valence-electron chi connectivity index (χ3n) is 4.86. The van der Waals surface area contributed by atoms with Gasteiger partial charge in [0.1, 0.15) is 11.5 Å². The van der Waals surface area contributed by atoms with Gasteiger partial charge in [0.25, 0.3) is 5.91 Å². The van der Waals surface area contributed by atoms with E-state index in [1.807, 2.05) is 104 Å². The lowest BCUT2D eigenvalue weighted by atomic mass is 10.1. The van der Waals surface area contributed by atoms with Gasteiger partial charge in [0.15, 0.2) is 0 Å². The highest BCUT2D eigenvalue weighted by Crippen LogP contribution is 2.24. The number of para-hydroxylation sites is 1. The van der Waals surface area contributed by atoms with Crippen LogP contribution in [0.25, 0.3) is 0 Å². The minimum absolute atomic E-state index is 0.115. The number of nitrogens with one attached hydrogen (secondary N) is 2. The Morgan fingerprint density at radius 2 is 1.47 bits per heavy atom. The molecule has 0 aliphatic rings. The van der Waals surface area contributed by atoms with Gasteiger partial charge in [0.05, 0.1) is 5.75 Å². The first-order valence-electron chi connectivity index (χ1n) is 10.8. The number of ether oxygens (including phenoxy) is 1. The van der Waals surface area contributed by atoms with Crippen molar-refractivity contribution in [1.29, 1.82) is 0 Å². The van der Waals surface area contributed by atoms with Gasteiger partial charge < -0.3 is 15.4 Å². The fourth-order valence-corrected chi connectivity index (χ4v) is 3.99. The molecule has 0 radical (unpaired) electrons. The summed E-state index contributed by atoms with van der Waals surface area (Å²) >= 11 is 1.40. The zero-order valence-corrected chi connectivity index (χ0v) is 19.5. The number of hydrogen-bond acceptors (Lipinski definition) is 4. The minimum Gasteiger partial charge on any atom is -0.457 e. The molecular weight excluding hydrogens is 444 g/mol. The van der Waals surface area contributed by atoms with E-state index in [1.165, 1.54) is 11.8 Å². The SMILES string of the molecule is Cc1cccc(C(=O)Nc2cccc(SCC(=O)Nc3ccc(Oc4ccccc4)cc3)c2)c1. The van der Waals surface area contributed by atoms with Gasteiger partial charge in [-0.05, 0) is 73.7 Å². The van der Waals surface area contributed by atoms with Crippen molar-refractivity contribution >= 4 is 35.0 Å². The van der Waals surface area contributed by atoms with Crippen LogP contribution in [-0.2, 0) is 4.79 Å². The quantitative estimate of drug-likeness (QED) is 0.280. The number of amides is 2. The number of benzene rings is 4. The number of thioether (sulfide) groups is 1. The summed E-state index contributed by atoms with van der Waals surface area (Å²) in [5.41, 5.74) is 3.02. The van der Waals surface area contributed by atoms with Crippen LogP contribution in [0.5, 0.6) is 11.5 Å². The summed E-state index contributed by atoms with van der Waals surface area (Å²) in [5.74, 6) is 1.42. The van der Waals surface area contributed by atoms with Crippen LogP contribution in [0, 0.1) is 6.92 Å². The molecule has 2 N–H and O–H groups in total. The van der Waals surface area contributed by atoms with Crippen molar-refractivity contribution in [2.75, 3.05) is 16.4 Å². The molecule has 0 unspecified atom stereocenters. The van der Waals surface area contributed by atoms with E-state index in [-0.39, 0.29) is 17.6 Å². The largest absolute Gasteiger partial charge is 0.457 e. The maximum atomic E-state index is 12.5. The summed E-state index contributed by atoms with van der Waals surface area (Å²) < 4.78 is 5.77. The molecule has 0 aromatic heterocycles. The van der Waals surface area contributed by atoms with Crippen molar-refractivity contribution in [2.24, 2.45) is 0 Å². The molecule has 4 rings (SSSR count). The van der Waals surface area contributed by atoms with Crippen molar-refractivity contribution in [3.05, 3.63) is 114 Å². The maximum absolute atomic E-state index is 12.5. The Labute approximate surface area is 203 Å². The number of hydrogen-bond donors (Lipinski definition) is 2. The van der Waals surface area contributed by atoms with E-state index in [2.05, 4.69) is 10.6 Å². The Balaban J connectivity index is 1.28. The molecule has 6 heteroatoms. The molecule has 34 heavy (non-hydrogen) atoms. The third-order valence-corrected chi connectivity index (χ3v) is 5.85. The van der Waals surface area contributed by atoms with E-state index in [0.29, 0.717) is 22.7 Å². The van der Waals surface area contributed by atoms with Gasteiger partial charge in [-0.3, -0.25) is 9.59 Å². The van der Waals surface area contributed by atoms with Crippen LogP contribution in [0.2, 0.25) is 0 Å². The fraction of sp³-hybridized carbons (Fsp3) is 0.0714. The lowest BCUT2D eigenvalue weighted by Gasteiger charge is -2.09. The molecule has 170 valence electrons. The number of carbonyl (C=O) groups is 2. The highest BCUT2D eigenvalue weighted by atomic mass is 32.2. The first kappa shape index (κ1) is 23.1. The molecule has 2 amide bonds. The molecule has 4 aromatic rings. The molecule has 4 aromatic carbocycles. The predicted octanol–water partition coefficient (Wildman–Crippen LogP) is 6.77. The highest BCUT2D eigenvalue weighted by molar-refractivity contribution is 8.00. The second kappa shape index (κ2) is 11.2. The predicted molar refractivity (Wildman–Crippen MR) is 138 cm³/mol. The van der Waals surface area contributed by atoms with Gasteiger partial charge >= 0.3 is 0 Å². The zero-order valence-electron chi connectivity index (χ0n) is 18.7. The van der Waals surface area contributed by atoms with Crippen LogP contribution in [-0.4, -0.2) is 17.6 Å². The average Bonchev–Trinajstić information content (AvgIpc) is 2.85. The maximum Gasteiger partial charge on any atom is 0.255 e. The highest BCUT2D eigenvalue weighted by Gasteiger charge is 2.08. The molecule has 0 atom stereocenters. The van der Waals surface area contributed by atoms with E-state index in [9.17, 15) is 9.59 Å².